The topological polar surface area (TPSA) is 0 Å². The van der Waals surface area contributed by atoms with Gasteiger partial charge in [0.1, 0.15) is 5.82 Å². The van der Waals surface area contributed by atoms with Gasteiger partial charge in [-0.25, -0.2) is 4.39 Å². The van der Waals surface area contributed by atoms with E-state index < -0.39 is 0 Å². The first-order chi connectivity index (χ1) is 6.27. The molecule has 13 heavy (non-hydrogen) atoms. The van der Waals surface area contributed by atoms with Crippen LogP contribution in [0.3, 0.4) is 0 Å². The number of rotatable bonds is 1. The molecule has 0 aliphatic heterocycles. The maximum Gasteiger partial charge on any atom is 0.128 e. The summed E-state index contributed by atoms with van der Waals surface area (Å²) in [5.41, 5.74) is 0.766. The molecule has 0 spiro atoms. The average molecular weight is 198 g/mol. The Kier molecular flexibility index (Phi) is 2.54. The summed E-state index contributed by atoms with van der Waals surface area (Å²) in [6, 6.07) is 4.94. The van der Waals surface area contributed by atoms with E-state index >= 15 is 0 Å². The molecule has 2 heteroatoms. The van der Waals surface area contributed by atoms with Crippen LogP contribution in [0.1, 0.15) is 31.2 Å². The normalized spacial score (nSPS) is 18.0. The highest BCUT2D eigenvalue weighted by Gasteiger charge is 2.20. The van der Waals surface area contributed by atoms with E-state index in [-0.39, 0.29) is 5.82 Å². The van der Waals surface area contributed by atoms with Crippen molar-refractivity contribution < 1.29 is 4.39 Å². The zero-order valence-electron chi connectivity index (χ0n) is 7.32. The summed E-state index contributed by atoms with van der Waals surface area (Å²) in [7, 11) is 0. The lowest BCUT2D eigenvalue weighted by Crippen LogP contribution is -1.96. The second-order valence-electron chi connectivity index (χ2n) is 3.43. The quantitative estimate of drug-likeness (QED) is 0.639. The lowest BCUT2D eigenvalue weighted by Gasteiger charge is -2.09. The van der Waals surface area contributed by atoms with Gasteiger partial charge >= 0.3 is 0 Å². The van der Waals surface area contributed by atoms with Gasteiger partial charge in [-0.1, -0.05) is 30.5 Å². The Bertz CT molecular complexity index is 303. The molecule has 0 amide bonds. The van der Waals surface area contributed by atoms with Crippen molar-refractivity contribution in [1.29, 1.82) is 0 Å². The zero-order valence-corrected chi connectivity index (χ0v) is 8.07. The van der Waals surface area contributed by atoms with Gasteiger partial charge in [0.05, 0.1) is 0 Å². The van der Waals surface area contributed by atoms with Gasteiger partial charge in [0.2, 0.25) is 0 Å². The van der Waals surface area contributed by atoms with Crippen LogP contribution in [-0.2, 0) is 0 Å². The van der Waals surface area contributed by atoms with Crippen molar-refractivity contribution in [2.45, 2.75) is 25.7 Å². The first-order valence-corrected chi connectivity index (χ1v) is 4.95. The van der Waals surface area contributed by atoms with Gasteiger partial charge < -0.3 is 0 Å². The molecular weight excluding hydrogens is 187 g/mol. The standard InChI is InChI=1S/C11H11ClF/c12-9-5-6-10(11(13)7-9)8-3-1-2-4-8/h5-7H,1-4H2. The van der Waals surface area contributed by atoms with E-state index in [9.17, 15) is 4.39 Å². The van der Waals surface area contributed by atoms with Gasteiger partial charge in [-0.2, -0.15) is 0 Å². The van der Waals surface area contributed by atoms with Gasteiger partial charge in [0.25, 0.3) is 0 Å². The molecule has 0 saturated heterocycles. The summed E-state index contributed by atoms with van der Waals surface area (Å²) >= 11 is 5.67. The minimum absolute atomic E-state index is 0.176. The smallest absolute Gasteiger partial charge is 0.128 e. The number of benzene rings is 1. The molecule has 0 bridgehead atoms. The summed E-state index contributed by atoms with van der Waals surface area (Å²) in [6.45, 7) is 0. The SMILES string of the molecule is Fc1cc(Cl)ccc1[C]1CCCC1. The highest BCUT2D eigenvalue weighted by atomic mass is 35.5. The Labute approximate surface area is 82.7 Å². The van der Waals surface area contributed by atoms with E-state index in [4.69, 9.17) is 11.6 Å². The Balaban J connectivity index is 2.29. The van der Waals surface area contributed by atoms with Crippen LogP contribution in [0.4, 0.5) is 4.39 Å². The maximum absolute atomic E-state index is 13.4. The molecule has 0 aromatic heterocycles. The van der Waals surface area contributed by atoms with Gasteiger partial charge in [0.15, 0.2) is 0 Å². The lowest BCUT2D eigenvalue weighted by atomic mass is 9.97. The third-order valence-electron chi connectivity index (χ3n) is 2.52. The van der Waals surface area contributed by atoms with Gasteiger partial charge in [-0.3, -0.25) is 0 Å². The van der Waals surface area contributed by atoms with Crippen molar-refractivity contribution in [3.63, 3.8) is 0 Å². The fraction of sp³-hybridized carbons (Fsp3) is 0.364. The van der Waals surface area contributed by atoms with E-state index in [2.05, 4.69) is 0 Å². The van der Waals surface area contributed by atoms with Crippen LogP contribution in [-0.4, -0.2) is 0 Å². The van der Waals surface area contributed by atoms with Crippen molar-refractivity contribution in [2.24, 2.45) is 0 Å². The van der Waals surface area contributed by atoms with Crippen molar-refractivity contribution in [3.8, 4) is 0 Å². The Hall–Kier alpha value is -0.560. The fourth-order valence-corrected chi connectivity index (χ4v) is 2.01. The van der Waals surface area contributed by atoms with Crippen molar-refractivity contribution in [2.75, 3.05) is 0 Å². The van der Waals surface area contributed by atoms with E-state index in [1.807, 2.05) is 0 Å². The predicted octanol–water partition coefficient (Wildman–Crippen LogP) is 3.98. The third-order valence-corrected chi connectivity index (χ3v) is 2.75. The van der Waals surface area contributed by atoms with Gasteiger partial charge in [-0.15, -0.1) is 0 Å². The molecule has 69 valence electrons. The summed E-state index contributed by atoms with van der Waals surface area (Å²) < 4.78 is 13.4. The van der Waals surface area contributed by atoms with Gasteiger partial charge in [-0.05, 0) is 30.5 Å². The largest absolute Gasteiger partial charge is 0.207 e. The van der Waals surface area contributed by atoms with Crippen molar-refractivity contribution in [1.82, 2.24) is 0 Å². The van der Waals surface area contributed by atoms with E-state index in [1.165, 1.54) is 24.8 Å². The zero-order chi connectivity index (χ0) is 9.26. The van der Waals surface area contributed by atoms with E-state index in [1.54, 1.807) is 12.1 Å². The predicted molar refractivity (Wildman–Crippen MR) is 52.2 cm³/mol. The number of hydrogen-bond donors (Lipinski definition) is 0. The van der Waals surface area contributed by atoms with Crippen LogP contribution in [0.5, 0.6) is 0 Å². The third kappa shape index (κ3) is 1.86. The Morgan fingerprint density at radius 3 is 2.46 bits per heavy atom. The molecule has 0 atom stereocenters. The highest BCUT2D eigenvalue weighted by molar-refractivity contribution is 6.30. The molecule has 0 nitrogen and oxygen atoms in total. The highest BCUT2D eigenvalue weighted by Crippen LogP contribution is 2.34. The van der Waals surface area contributed by atoms with Crippen LogP contribution in [0.15, 0.2) is 18.2 Å². The van der Waals surface area contributed by atoms with Crippen molar-refractivity contribution >= 4 is 11.6 Å². The molecule has 0 unspecified atom stereocenters. The summed E-state index contributed by atoms with van der Waals surface area (Å²) in [6.07, 6.45) is 4.46. The molecule has 1 aliphatic carbocycles. The van der Waals surface area contributed by atoms with Crippen molar-refractivity contribution in [3.05, 3.63) is 40.5 Å². The molecule has 1 aromatic rings. The molecular formula is C11H11ClF. The molecule has 0 heterocycles. The first kappa shape index (κ1) is 9.01. The number of hydrogen-bond acceptors (Lipinski definition) is 0. The molecule has 1 radical (unpaired) electrons. The van der Waals surface area contributed by atoms with Crippen LogP contribution in [0.25, 0.3) is 0 Å². The number of halogens is 2. The molecule has 1 aliphatic rings. The molecule has 0 N–H and O–H groups in total. The summed E-state index contributed by atoms with van der Waals surface area (Å²) in [5, 5.41) is 0.472. The van der Waals surface area contributed by atoms with Gasteiger partial charge in [0, 0.05) is 10.9 Å². The monoisotopic (exact) mass is 197 g/mol. The maximum atomic E-state index is 13.4. The second-order valence-corrected chi connectivity index (χ2v) is 3.87. The molecule has 1 fully saturated rings. The Morgan fingerprint density at radius 2 is 1.85 bits per heavy atom. The molecule has 1 saturated carbocycles. The molecule has 2 rings (SSSR count). The lowest BCUT2D eigenvalue weighted by molar-refractivity contribution is 0.612. The second kappa shape index (κ2) is 3.67. The average Bonchev–Trinajstić information content (AvgIpc) is 2.56. The van der Waals surface area contributed by atoms with E-state index in [0.717, 1.165) is 18.4 Å². The van der Waals surface area contributed by atoms with Crippen LogP contribution in [0.2, 0.25) is 5.02 Å². The summed E-state index contributed by atoms with van der Waals surface area (Å²) in [5.74, 6) is 1.07. The minimum Gasteiger partial charge on any atom is -0.207 e. The minimum atomic E-state index is -0.176. The Morgan fingerprint density at radius 1 is 1.15 bits per heavy atom. The first-order valence-electron chi connectivity index (χ1n) is 4.57. The van der Waals surface area contributed by atoms with E-state index in [0.29, 0.717) is 5.02 Å². The van der Waals surface area contributed by atoms with Crippen LogP contribution < -0.4 is 0 Å². The molecule has 1 aromatic carbocycles. The summed E-state index contributed by atoms with van der Waals surface area (Å²) in [4.78, 5) is 0. The fourth-order valence-electron chi connectivity index (χ4n) is 1.85. The van der Waals surface area contributed by atoms with Crippen LogP contribution >= 0.6 is 11.6 Å². The van der Waals surface area contributed by atoms with Crippen LogP contribution in [0, 0.1) is 11.7 Å².